The van der Waals surface area contributed by atoms with Gasteiger partial charge in [0.2, 0.25) is 0 Å². The summed E-state index contributed by atoms with van der Waals surface area (Å²) in [7, 11) is 0. The summed E-state index contributed by atoms with van der Waals surface area (Å²) in [6, 6.07) is 1.77. The van der Waals surface area contributed by atoms with Crippen LogP contribution in [0.3, 0.4) is 0 Å². The predicted octanol–water partition coefficient (Wildman–Crippen LogP) is 3.82. The maximum Gasteiger partial charge on any atom is 0.321 e. The summed E-state index contributed by atoms with van der Waals surface area (Å²) < 4.78 is 6.51. The van der Waals surface area contributed by atoms with Crippen LogP contribution in [-0.2, 0) is 4.74 Å². The van der Waals surface area contributed by atoms with Crippen LogP contribution in [0.2, 0.25) is 4.34 Å². The SMILES string of the molecule is O=C(Nc1ccsc1Cl)N1CCC(OCC2CC2)CC1. The summed E-state index contributed by atoms with van der Waals surface area (Å²) in [5.74, 6) is 0.803. The zero-order chi connectivity index (χ0) is 13.9. The monoisotopic (exact) mass is 314 g/mol. The van der Waals surface area contributed by atoms with Gasteiger partial charge in [0.1, 0.15) is 4.34 Å². The lowest BCUT2D eigenvalue weighted by atomic mass is 10.1. The first-order valence-corrected chi connectivity index (χ1v) is 8.38. The van der Waals surface area contributed by atoms with Crippen LogP contribution in [0, 0.1) is 5.92 Å². The van der Waals surface area contributed by atoms with Crippen molar-refractivity contribution >= 4 is 34.7 Å². The molecule has 0 atom stereocenters. The van der Waals surface area contributed by atoms with Crippen molar-refractivity contribution in [1.82, 2.24) is 4.90 Å². The molecule has 4 nitrogen and oxygen atoms in total. The van der Waals surface area contributed by atoms with E-state index in [1.165, 1.54) is 24.2 Å². The number of carbonyl (C=O) groups excluding carboxylic acids is 1. The Morgan fingerprint density at radius 3 is 2.75 bits per heavy atom. The average molecular weight is 315 g/mol. The van der Waals surface area contributed by atoms with Crippen LogP contribution in [-0.4, -0.2) is 36.7 Å². The normalized spacial score (nSPS) is 20.1. The highest BCUT2D eigenvalue weighted by Crippen LogP contribution is 2.30. The van der Waals surface area contributed by atoms with Crippen LogP contribution in [0.4, 0.5) is 10.5 Å². The lowest BCUT2D eigenvalue weighted by Crippen LogP contribution is -2.43. The third kappa shape index (κ3) is 3.65. The molecule has 3 rings (SSSR count). The third-order valence-electron chi connectivity index (χ3n) is 3.85. The lowest BCUT2D eigenvalue weighted by molar-refractivity contribution is 0.0105. The molecule has 1 aliphatic heterocycles. The first-order chi connectivity index (χ1) is 9.72. The molecule has 2 heterocycles. The summed E-state index contributed by atoms with van der Waals surface area (Å²) in [4.78, 5) is 14.0. The second-order valence-corrected chi connectivity index (χ2v) is 7.02. The van der Waals surface area contributed by atoms with E-state index in [2.05, 4.69) is 5.32 Å². The van der Waals surface area contributed by atoms with Gasteiger partial charge in [-0.25, -0.2) is 4.79 Å². The van der Waals surface area contributed by atoms with Crippen LogP contribution in [0.25, 0.3) is 0 Å². The second-order valence-electron chi connectivity index (χ2n) is 5.50. The standard InChI is InChI=1S/C14H19ClN2O2S/c15-13-12(5-8-20-13)16-14(18)17-6-3-11(4-7-17)19-9-10-1-2-10/h5,8,10-11H,1-4,6-7,9H2,(H,16,18). The molecule has 110 valence electrons. The molecule has 6 heteroatoms. The Labute approximate surface area is 128 Å². The Morgan fingerprint density at radius 1 is 1.40 bits per heavy atom. The molecule has 1 aromatic heterocycles. The number of carbonyl (C=O) groups is 1. The van der Waals surface area contributed by atoms with Crippen molar-refractivity contribution in [2.24, 2.45) is 5.92 Å². The van der Waals surface area contributed by atoms with Gasteiger partial charge in [-0.1, -0.05) is 11.6 Å². The van der Waals surface area contributed by atoms with Gasteiger partial charge in [0, 0.05) is 19.7 Å². The highest BCUT2D eigenvalue weighted by atomic mass is 35.5. The van der Waals surface area contributed by atoms with E-state index < -0.39 is 0 Å². The molecule has 0 radical (unpaired) electrons. The molecule has 1 aromatic rings. The minimum absolute atomic E-state index is 0.0639. The van der Waals surface area contributed by atoms with Crippen LogP contribution < -0.4 is 5.32 Å². The molecular formula is C14H19ClN2O2S. The molecule has 1 N–H and O–H groups in total. The fourth-order valence-corrected chi connectivity index (χ4v) is 3.19. The van der Waals surface area contributed by atoms with E-state index in [4.69, 9.17) is 16.3 Å². The van der Waals surface area contributed by atoms with Crippen molar-refractivity contribution in [2.45, 2.75) is 31.8 Å². The van der Waals surface area contributed by atoms with E-state index in [9.17, 15) is 4.79 Å². The number of amides is 2. The summed E-state index contributed by atoms with van der Waals surface area (Å²) >= 11 is 7.41. The van der Waals surface area contributed by atoms with Crippen molar-refractivity contribution in [2.75, 3.05) is 25.0 Å². The number of piperidine rings is 1. The molecule has 20 heavy (non-hydrogen) atoms. The van der Waals surface area contributed by atoms with Gasteiger partial charge in [0.25, 0.3) is 0 Å². The van der Waals surface area contributed by atoms with E-state index in [-0.39, 0.29) is 6.03 Å². The number of ether oxygens (including phenoxy) is 1. The Morgan fingerprint density at radius 2 is 2.15 bits per heavy atom. The van der Waals surface area contributed by atoms with Crippen LogP contribution >= 0.6 is 22.9 Å². The number of nitrogens with zero attached hydrogens (tertiary/aromatic N) is 1. The molecule has 0 unspecified atom stereocenters. The average Bonchev–Trinajstić information content (AvgIpc) is 3.21. The highest BCUT2D eigenvalue weighted by molar-refractivity contribution is 7.15. The van der Waals surface area contributed by atoms with Crippen molar-refractivity contribution in [3.8, 4) is 0 Å². The number of nitrogens with one attached hydrogen (secondary N) is 1. The number of hydrogen-bond donors (Lipinski definition) is 1. The molecular weight excluding hydrogens is 296 g/mol. The Balaban J connectivity index is 1.42. The van der Waals surface area contributed by atoms with Gasteiger partial charge in [-0.2, -0.15) is 0 Å². The zero-order valence-electron chi connectivity index (χ0n) is 11.3. The first kappa shape index (κ1) is 14.2. The molecule has 0 spiro atoms. The number of thiophene rings is 1. The largest absolute Gasteiger partial charge is 0.378 e. The number of anilines is 1. The Kier molecular flexibility index (Phi) is 4.48. The molecule has 0 bridgehead atoms. The maximum absolute atomic E-state index is 12.1. The molecule has 1 saturated heterocycles. The molecule has 1 aliphatic carbocycles. The molecule has 0 aromatic carbocycles. The number of hydrogen-bond acceptors (Lipinski definition) is 3. The lowest BCUT2D eigenvalue weighted by Gasteiger charge is -2.32. The van der Waals surface area contributed by atoms with E-state index in [1.807, 2.05) is 16.3 Å². The number of halogens is 1. The van der Waals surface area contributed by atoms with Gasteiger partial charge < -0.3 is 15.0 Å². The molecule has 2 amide bonds. The van der Waals surface area contributed by atoms with Gasteiger partial charge in [-0.3, -0.25) is 0 Å². The van der Waals surface area contributed by atoms with Crippen molar-refractivity contribution in [3.05, 3.63) is 15.8 Å². The molecule has 2 aliphatic rings. The quantitative estimate of drug-likeness (QED) is 0.917. The van der Waals surface area contributed by atoms with Gasteiger partial charge in [0.15, 0.2) is 0 Å². The summed E-state index contributed by atoms with van der Waals surface area (Å²) in [6.45, 7) is 2.41. The molecule has 2 fully saturated rings. The van der Waals surface area contributed by atoms with Gasteiger partial charge >= 0.3 is 6.03 Å². The smallest absolute Gasteiger partial charge is 0.321 e. The number of urea groups is 1. The predicted molar refractivity (Wildman–Crippen MR) is 81.6 cm³/mol. The van der Waals surface area contributed by atoms with E-state index in [1.54, 1.807) is 0 Å². The third-order valence-corrected chi connectivity index (χ3v) is 5.02. The van der Waals surface area contributed by atoms with Gasteiger partial charge in [0.05, 0.1) is 11.8 Å². The van der Waals surface area contributed by atoms with E-state index in [0.717, 1.165) is 38.5 Å². The Bertz CT molecular complexity index is 467. The van der Waals surface area contributed by atoms with Crippen molar-refractivity contribution in [3.63, 3.8) is 0 Å². The second kappa shape index (κ2) is 6.33. The Hall–Kier alpha value is -0.780. The number of rotatable bonds is 4. The number of likely N-dealkylation sites (tertiary alicyclic amines) is 1. The van der Waals surface area contributed by atoms with Gasteiger partial charge in [-0.15, -0.1) is 11.3 Å². The van der Waals surface area contributed by atoms with Gasteiger partial charge in [-0.05, 0) is 43.0 Å². The van der Waals surface area contributed by atoms with Crippen molar-refractivity contribution < 1.29 is 9.53 Å². The molecule has 1 saturated carbocycles. The van der Waals surface area contributed by atoms with E-state index >= 15 is 0 Å². The zero-order valence-corrected chi connectivity index (χ0v) is 12.9. The fourth-order valence-electron chi connectivity index (χ4n) is 2.36. The fraction of sp³-hybridized carbons (Fsp3) is 0.643. The topological polar surface area (TPSA) is 41.6 Å². The van der Waals surface area contributed by atoms with Crippen LogP contribution in [0.15, 0.2) is 11.4 Å². The summed E-state index contributed by atoms with van der Waals surface area (Å²) in [5.41, 5.74) is 0.703. The minimum Gasteiger partial charge on any atom is -0.378 e. The summed E-state index contributed by atoms with van der Waals surface area (Å²) in [6.07, 6.45) is 4.82. The van der Waals surface area contributed by atoms with Crippen molar-refractivity contribution in [1.29, 1.82) is 0 Å². The summed E-state index contributed by atoms with van der Waals surface area (Å²) in [5, 5.41) is 4.73. The highest BCUT2D eigenvalue weighted by Gasteiger charge is 2.27. The first-order valence-electron chi connectivity index (χ1n) is 7.13. The maximum atomic E-state index is 12.1. The minimum atomic E-state index is -0.0639. The van der Waals surface area contributed by atoms with Crippen LogP contribution in [0.5, 0.6) is 0 Å². The van der Waals surface area contributed by atoms with Crippen LogP contribution in [0.1, 0.15) is 25.7 Å². The van der Waals surface area contributed by atoms with E-state index in [0.29, 0.717) is 16.1 Å².